The molecule has 1 aliphatic heterocycles. The lowest BCUT2D eigenvalue weighted by molar-refractivity contribution is 0.0599. The fourth-order valence-corrected chi connectivity index (χ4v) is 5.14. The van der Waals surface area contributed by atoms with Crippen molar-refractivity contribution in [3.63, 3.8) is 0 Å². The van der Waals surface area contributed by atoms with Crippen molar-refractivity contribution in [1.29, 1.82) is 0 Å². The molecule has 1 aromatic carbocycles. The molecule has 3 aromatic rings. The number of aromatic nitrogens is 2. The molecule has 0 saturated carbocycles. The Kier molecular flexibility index (Phi) is 9.90. The highest BCUT2D eigenvalue weighted by molar-refractivity contribution is 5.98. The Morgan fingerprint density at radius 1 is 1.05 bits per heavy atom. The van der Waals surface area contributed by atoms with Crippen molar-refractivity contribution in [2.45, 2.75) is 72.2 Å². The van der Waals surface area contributed by atoms with Gasteiger partial charge in [0.1, 0.15) is 5.60 Å². The summed E-state index contributed by atoms with van der Waals surface area (Å²) in [5.74, 6) is -0.0196. The molecule has 3 heterocycles. The van der Waals surface area contributed by atoms with Crippen molar-refractivity contribution in [1.82, 2.24) is 25.1 Å². The molecule has 2 amide bonds. The van der Waals surface area contributed by atoms with Crippen LogP contribution in [0.15, 0.2) is 65.9 Å². The van der Waals surface area contributed by atoms with Gasteiger partial charge in [-0.15, -0.1) is 4.99 Å². The number of carbonyl (C=O) groups is 2. The first-order valence-corrected chi connectivity index (χ1v) is 14.2. The van der Waals surface area contributed by atoms with Crippen LogP contribution in [0, 0.1) is 13.8 Å². The van der Waals surface area contributed by atoms with E-state index in [1.54, 1.807) is 25.7 Å². The number of guanidine groups is 1. The normalized spacial score (nSPS) is 14.6. The molecule has 4 rings (SSSR count). The van der Waals surface area contributed by atoms with E-state index < -0.39 is 17.8 Å². The van der Waals surface area contributed by atoms with Gasteiger partial charge in [0.05, 0.1) is 11.4 Å². The van der Waals surface area contributed by atoms with Crippen LogP contribution in [0.3, 0.4) is 0 Å². The second-order valence-corrected chi connectivity index (χ2v) is 11.6. The monoisotopic (exact) mass is 572 g/mol. The summed E-state index contributed by atoms with van der Waals surface area (Å²) in [7, 11) is 0. The Morgan fingerprint density at radius 2 is 1.74 bits per heavy atom. The third-order valence-corrected chi connectivity index (χ3v) is 7.09. The minimum Gasteiger partial charge on any atom is -0.465 e. The van der Waals surface area contributed by atoms with Crippen molar-refractivity contribution < 1.29 is 19.4 Å². The molecular weight excluding hydrogens is 532 g/mol. The molecular formula is C32H40N6O4. The van der Waals surface area contributed by atoms with Crippen LogP contribution in [0.2, 0.25) is 0 Å². The highest BCUT2D eigenvalue weighted by atomic mass is 16.6. The highest BCUT2D eigenvalue weighted by Gasteiger charge is 2.29. The minimum atomic E-state index is -1.29. The second kappa shape index (κ2) is 13.6. The average Bonchev–Trinajstić information content (AvgIpc) is 2.93. The number of hydrogen-bond donors (Lipinski definition) is 2. The summed E-state index contributed by atoms with van der Waals surface area (Å²) >= 11 is 0. The molecule has 10 nitrogen and oxygen atoms in total. The van der Waals surface area contributed by atoms with Gasteiger partial charge < -0.3 is 14.7 Å². The molecule has 2 aromatic heterocycles. The average molecular weight is 573 g/mol. The number of pyridine rings is 2. The van der Waals surface area contributed by atoms with Crippen LogP contribution in [-0.4, -0.2) is 67.8 Å². The standard InChI is InChI=1S/C32H40N6O4/c1-22-18-23(2)27(34-19-22)20-38(21-28-26(12-9-15-33-28)24-10-7-6-8-11-24)25-13-16-37(17-14-25)29(35-30(39)40)36-31(41)42-32(3,4)5/h6-12,15,18-19,25H,13-14,16-17,20-21H2,1-5H3,(H,39,40)(H,35,36,41). The lowest BCUT2D eigenvalue weighted by Gasteiger charge is -2.39. The number of aryl methyl sites for hydroxylation is 2. The van der Waals surface area contributed by atoms with E-state index in [4.69, 9.17) is 14.7 Å². The predicted molar refractivity (Wildman–Crippen MR) is 162 cm³/mol. The van der Waals surface area contributed by atoms with Crippen molar-refractivity contribution >= 4 is 18.1 Å². The van der Waals surface area contributed by atoms with Gasteiger partial charge in [0, 0.05) is 50.2 Å². The van der Waals surface area contributed by atoms with E-state index in [2.05, 4.69) is 46.4 Å². The number of hydrogen-bond acceptors (Lipinski definition) is 6. The van der Waals surface area contributed by atoms with E-state index in [9.17, 15) is 14.7 Å². The number of amides is 2. The first-order valence-electron chi connectivity index (χ1n) is 14.2. The number of likely N-dealkylation sites (tertiary alicyclic amines) is 1. The van der Waals surface area contributed by atoms with Gasteiger partial charge >= 0.3 is 12.2 Å². The summed E-state index contributed by atoms with van der Waals surface area (Å²) < 4.78 is 5.29. The zero-order chi connectivity index (χ0) is 30.3. The maximum absolute atomic E-state index is 12.4. The summed E-state index contributed by atoms with van der Waals surface area (Å²) in [5.41, 5.74) is 5.72. The maximum atomic E-state index is 12.4. The van der Waals surface area contributed by atoms with Gasteiger partial charge in [-0.2, -0.15) is 0 Å². The third-order valence-electron chi connectivity index (χ3n) is 7.09. The van der Waals surface area contributed by atoms with Crippen LogP contribution >= 0.6 is 0 Å². The van der Waals surface area contributed by atoms with Crippen LogP contribution in [0.4, 0.5) is 9.59 Å². The molecule has 222 valence electrons. The Labute approximate surface area is 247 Å². The summed E-state index contributed by atoms with van der Waals surface area (Å²) in [6.07, 6.45) is 3.07. The van der Waals surface area contributed by atoms with Crippen LogP contribution in [0.25, 0.3) is 11.1 Å². The first kappa shape index (κ1) is 30.6. The SMILES string of the molecule is Cc1cnc(CN(Cc2ncccc2-c2ccccc2)C2CCN(/C(=N/C(=O)OC(C)(C)C)NC(=O)O)CC2)c(C)c1. The summed E-state index contributed by atoms with van der Waals surface area (Å²) in [6, 6.07) is 16.6. The number of rotatable bonds is 6. The quantitative estimate of drug-likeness (QED) is 0.282. The molecule has 0 unspecified atom stereocenters. The molecule has 10 heteroatoms. The smallest absolute Gasteiger partial charge is 0.437 e. The molecule has 0 bridgehead atoms. The van der Waals surface area contributed by atoms with Crippen LogP contribution < -0.4 is 5.32 Å². The summed E-state index contributed by atoms with van der Waals surface area (Å²) in [5, 5.41) is 11.7. The minimum absolute atomic E-state index is 0.0196. The van der Waals surface area contributed by atoms with Gasteiger partial charge in [-0.25, -0.2) is 9.59 Å². The Balaban J connectivity index is 1.57. The number of piperidine rings is 1. The van der Waals surface area contributed by atoms with Gasteiger partial charge in [0.2, 0.25) is 5.96 Å². The van der Waals surface area contributed by atoms with Crippen LogP contribution in [0.1, 0.15) is 56.1 Å². The topological polar surface area (TPSA) is 120 Å². The van der Waals surface area contributed by atoms with Gasteiger partial charge in [0.25, 0.3) is 0 Å². The maximum Gasteiger partial charge on any atom is 0.437 e. The van der Waals surface area contributed by atoms with Crippen molar-refractivity contribution in [2.75, 3.05) is 13.1 Å². The molecule has 42 heavy (non-hydrogen) atoms. The number of nitrogens with one attached hydrogen (secondary N) is 1. The number of carboxylic acid groups (broad SMARTS) is 1. The van der Waals surface area contributed by atoms with E-state index in [1.807, 2.05) is 43.6 Å². The Hall–Kier alpha value is -4.31. The molecule has 1 aliphatic rings. The molecule has 2 N–H and O–H groups in total. The van der Waals surface area contributed by atoms with E-state index in [0.717, 1.165) is 46.5 Å². The van der Waals surface area contributed by atoms with E-state index >= 15 is 0 Å². The van der Waals surface area contributed by atoms with Gasteiger partial charge in [-0.05, 0) is 70.2 Å². The van der Waals surface area contributed by atoms with Crippen LogP contribution in [0.5, 0.6) is 0 Å². The third kappa shape index (κ3) is 8.59. The van der Waals surface area contributed by atoms with Gasteiger partial charge in [-0.3, -0.25) is 20.2 Å². The first-order chi connectivity index (χ1) is 20.0. The fraction of sp³-hybridized carbons (Fsp3) is 0.406. The molecule has 1 saturated heterocycles. The summed E-state index contributed by atoms with van der Waals surface area (Å²) in [6.45, 7) is 11.6. The lowest BCUT2D eigenvalue weighted by atomic mass is 9.99. The predicted octanol–water partition coefficient (Wildman–Crippen LogP) is 5.79. The number of benzene rings is 1. The summed E-state index contributed by atoms with van der Waals surface area (Å²) in [4.78, 5) is 41.6. The van der Waals surface area contributed by atoms with Gasteiger partial charge in [0.15, 0.2) is 0 Å². The number of ether oxygens (including phenoxy) is 1. The second-order valence-electron chi connectivity index (χ2n) is 11.6. The largest absolute Gasteiger partial charge is 0.465 e. The van der Waals surface area contributed by atoms with E-state index in [-0.39, 0.29) is 12.0 Å². The van der Waals surface area contributed by atoms with Crippen molar-refractivity contribution in [2.24, 2.45) is 4.99 Å². The van der Waals surface area contributed by atoms with E-state index in [1.165, 1.54) is 0 Å². The van der Waals surface area contributed by atoms with Gasteiger partial charge in [-0.1, -0.05) is 42.5 Å². The molecule has 1 fully saturated rings. The van der Waals surface area contributed by atoms with Crippen LogP contribution in [-0.2, 0) is 17.8 Å². The lowest BCUT2D eigenvalue weighted by Crippen LogP contribution is -2.51. The molecule has 0 atom stereocenters. The molecule has 0 radical (unpaired) electrons. The van der Waals surface area contributed by atoms with Crippen molar-refractivity contribution in [3.05, 3.63) is 83.4 Å². The number of aliphatic imine (C=N–C) groups is 1. The zero-order valence-electron chi connectivity index (χ0n) is 25.0. The number of nitrogens with zero attached hydrogens (tertiary/aromatic N) is 5. The van der Waals surface area contributed by atoms with Crippen molar-refractivity contribution in [3.8, 4) is 11.1 Å². The number of carbonyl (C=O) groups excluding carboxylic acids is 1. The highest BCUT2D eigenvalue weighted by Crippen LogP contribution is 2.27. The van der Waals surface area contributed by atoms with E-state index in [0.29, 0.717) is 26.2 Å². The zero-order valence-corrected chi connectivity index (χ0v) is 25.0. The Morgan fingerprint density at radius 3 is 2.38 bits per heavy atom. The fourth-order valence-electron chi connectivity index (χ4n) is 5.14. The Bertz CT molecular complexity index is 1410. The molecule has 0 aliphatic carbocycles. The molecule has 0 spiro atoms.